The molecule has 0 aromatic heterocycles. The summed E-state index contributed by atoms with van der Waals surface area (Å²) in [7, 11) is -5.81. The van der Waals surface area contributed by atoms with Crippen LogP contribution in [0.15, 0.2) is 53.4 Å². The topological polar surface area (TPSA) is 84.0 Å². The van der Waals surface area contributed by atoms with E-state index in [1.807, 2.05) is 4.90 Å². The van der Waals surface area contributed by atoms with Crippen molar-refractivity contribution >= 4 is 25.4 Å². The van der Waals surface area contributed by atoms with Gasteiger partial charge in [-0.15, -0.1) is 0 Å². The zero-order valence-corrected chi connectivity index (χ0v) is 18.8. The number of piperazine rings is 1. The van der Waals surface area contributed by atoms with Crippen LogP contribution in [-0.2, 0) is 19.7 Å². The van der Waals surface area contributed by atoms with Crippen LogP contribution in [0.5, 0.6) is 5.75 Å². The third-order valence-electron chi connectivity index (χ3n) is 6.03. The maximum Gasteiger partial charge on any atom is 0.183 e. The van der Waals surface area contributed by atoms with Crippen LogP contribution in [0, 0.1) is 5.82 Å². The molecular weight excluding hydrogens is 443 g/mol. The number of rotatable bonds is 5. The first-order valence-corrected chi connectivity index (χ1v) is 13.4. The van der Waals surface area contributed by atoms with Gasteiger partial charge in [0, 0.05) is 37.9 Å². The first-order chi connectivity index (χ1) is 14.7. The van der Waals surface area contributed by atoms with Crippen LogP contribution in [0.2, 0.25) is 0 Å². The van der Waals surface area contributed by atoms with E-state index in [0.717, 1.165) is 5.69 Å². The molecule has 168 valence electrons. The van der Waals surface area contributed by atoms with Gasteiger partial charge in [0.15, 0.2) is 19.7 Å². The average Bonchev–Trinajstić information content (AvgIpc) is 3.11. The van der Waals surface area contributed by atoms with E-state index in [4.69, 9.17) is 4.74 Å². The molecule has 0 unspecified atom stereocenters. The molecule has 2 aromatic carbocycles. The summed E-state index contributed by atoms with van der Waals surface area (Å²) in [6.45, 7) is 2.29. The van der Waals surface area contributed by atoms with Gasteiger partial charge in [0.05, 0.1) is 28.8 Å². The maximum atomic E-state index is 13.3. The normalized spacial score (nSPS) is 24.3. The Balaban J connectivity index is 1.53. The third kappa shape index (κ3) is 4.56. The van der Waals surface area contributed by atoms with Gasteiger partial charge < -0.3 is 9.64 Å². The first-order valence-electron chi connectivity index (χ1n) is 10.0. The molecule has 7 nitrogen and oxygen atoms in total. The summed E-state index contributed by atoms with van der Waals surface area (Å²) in [4.78, 5) is 4.16. The first kappa shape index (κ1) is 22.0. The molecule has 0 radical (unpaired) electrons. The predicted molar refractivity (Wildman–Crippen MR) is 117 cm³/mol. The second-order valence-corrected chi connectivity index (χ2v) is 12.2. The molecule has 0 bridgehead atoms. The molecule has 31 heavy (non-hydrogen) atoms. The summed E-state index contributed by atoms with van der Waals surface area (Å²) in [6, 6.07) is 11.7. The number of sulfone groups is 2. The molecule has 2 heterocycles. The quantitative estimate of drug-likeness (QED) is 0.659. The Kier molecular flexibility index (Phi) is 5.97. The second-order valence-electron chi connectivity index (χ2n) is 7.90. The van der Waals surface area contributed by atoms with Crippen LogP contribution in [0.25, 0.3) is 0 Å². The van der Waals surface area contributed by atoms with Gasteiger partial charge in [-0.3, -0.25) is 4.90 Å². The Morgan fingerprint density at radius 2 is 1.55 bits per heavy atom. The van der Waals surface area contributed by atoms with Crippen molar-refractivity contribution in [1.82, 2.24) is 4.90 Å². The highest BCUT2D eigenvalue weighted by Crippen LogP contribution is 2.31. The van der Waals surface area contributed by atoms with Crippen LogP contribution < -0.4 is 9.64 Å². The molecule has 0 saturated carbocycles. The van der Waals surface area contributed by atoms with Gasteiger partial charge >= 0.3 is 0 Å². The summed E-state index contributed by atoms with van der Waals surface area (Å²) in [5, 5.41) is -1.01. The molecule has 0 amide bonds. The van der Waals surface area contributed by atoms with Crippen molar-refractivity contribution in [3.05, 3.63) is 54.3 Å². The van der Waals surface area contributed by atoms with Gasteiger partial charge in [0.25, 0.3) is 0 Å². The third-order valence-corrected chi connectivity index (χ3v) is 10.2. The number of halogens is 1. The van der Waals surface area contributed by atoms with Gasteiger partial charge in [-0.2, -0.15) is 0 Å². The monoisotopic (exact) mass is 468 g/mol. The Hall–Kier alpha value is -2.17. The number of hydrogen-bond donors (Lipinski definition) is 0. The Labute approximate surface area is 182 Å². The van der Waals surface area contributed by atoms with Crippen molar-refractivity contribution in [1.29, 1.82) is 0 Å². The minimum Gasteiger partial charge on any atom is -0.497 e. The molecule has 0 spiro atoms. The van der Waals surface area contributed by atoms with E-state index in [9.17, 15) is 21.2 Å². The minimum absolute atomic E-state index is 0.102. The van der Waals surface area contributed by atoms with Crippen LogP contribution in [0.4, 0.5) is 10.1 Å². The van der Waals surface area contributed by atoms with E-state index < -0.39 is 31.0 Å². The zero-order valence-electron chi connectivity index (χ0n) is 17.1. The molecule has 0 aliphatic carbocycles. The van der Waals surface area contributed by atoms with Crippen molar-refractivity contribution in [2.45, 2.75) is 16.2 Å². The van der Waals surface area contributed by atoms with Crippen molar-refractivity contribution in [2.24, 2.45) is 0 Å². The lowest BCUT2D eigenvalue weighted by molar-refractivity contribution is 0.201. The van der Waals surface area contributed by atoms with Gasteiger partial charge in [0.1, 0.15) is 11.6 Å². The standard InChI is InChI=1S/C21H25FN2O5S2/c1-29-18-6-8-19(9-7-18)31(27,28)21-15-30(25,26)14-20(21)24-12-10-23(11-13-24)17-4-2-16(22)3-5-17/h2-9,20-21H,10-15H2,1H3/t20-,21-/m1/s1. The van der Waals surface area contributed by atoms with Crippen molar-refractivity contribution in [3.8, 4) is 5.75 Å². The maximum absolute atomic E-state index is 13.3. The highest BCUT2D eigenvalue weighted by atomic mass is 32.2. The summed E-state index contributed by atoms with van der Waals surface area (Å²) in [5.41, 5.74) is 0.891. The number of benzene rings is 2. The van der Waals surface area contributed by atoms with E-state index in [0.29, 0.717) is 31.9 Å². The van der Waals surface area contributed by atoms with Gasteiger partial charge in [-0.1, -0.05) is 0 Å². The van der Waals surface area contributed by atoms with Crippen molar-refractivity contribution in [3.63, 3.8) is 0 Å². The lowest BCUT2D eigenvalue weighted by atomic mass is 10.1. The number of hydrogen-bond acceptors (Lipinski definition) is 7. The second kappa shape index (κ2) is 8.40. The van der Waals surface area contributed by atoms with Crippen LogP contribution in [-0.4, -0.2) is 77.8 Å². The van der Waals surface area contributed by atoms with Gasteiger partial charge in [-0.25, -0.2) is 21.2 Å². The Morgan fingerprint density at radius 1 is 0.935 bits per heavy atom. The van der Waals surface area contributed by atoms with E-state index in [-0.39, 0.29) is 22.2 Å². The van der Waals surface area contributed by atoms with Crippen LogP contribution in [0.1, 0.15) is 0 Å². The highest BCUT2D eigenvalue weighted by molar-refractivity contribution is 7.96. The van der Waals surface area contributed by atoms with E-state index in [1.54, 1.807) is 24.3 Å². The lowest BCUT2D eigenvalue weighted by Crippen LogP contribution is -2.55. The van der Waals surface area contributed by atoms with Crippen LogP contribution in [0.3, 0.4) is 0 Å². The van der Waals surface area contributed by atoms with E-state index in [2.05, 4.69) is 4.90 Å². The summed E-state index contributed by atoms with van der Waals surface area (Å²) in [6.07, 6.45) is 0. The Bertz CT molecular complexity index is 1130. The molecule has 10 heteroatoms. The predicted octanol–water partition coefficient (Wildman–Crippen LogP) is 1.60. The fraction of sp³-hybridized carbons (Fsp3) is 0.429. The van der Waals surface area contributed by atoms with Crippen molar-refractivity contribution < 1.29 is 26.0 Å². The fourth-order valence-corrected chi connectivity index (χ4v) is 9.17. The van der Waals surface area contributed by atoms with E-state index in [1.165, 1.54) is 31.4 Å². The van der Waals surface area contributed by atoms with Crippen molar-refractivity contribution in [2.75, 3.05) is 49.7 Å². The largest absolute Gasteiger partial charge is 0.497 e. The number of nitrogens with zero attached hydrogens (tertiary/aromatic N) is 2. The lowest BCUT2D eigenvalue weighted by Gasteiger charge is -2.40. The molecule has 2 aromatic rings. The average molecular weight is 469 g/mol. The summed E-state index contributed by atoms with van der Waals surface area (Å²) in [5.74, 6) is -0.301. The minimum atomic E-state index is -3.84. The number of anilines is 1. The molecule has 2 fully saturated rings. The Morgan fingerprint density at radius 3 is 2.13 bits per heavy atom. The van der Waals surface area contributed by atoms with Gasteiger partial charge in [0.2, 0.25) is 0 Å². The number of ether oxygens (including phenoxy) is 1. The summed E-state index contributed by atoms with van der Waals surface area (Å²) < 4.78 is 69.8. The SMILES string of the molecule is COc1ccc(S(=O)(=O)[C@@H]2CS(=O)(=O)C[C@H]2N2CCN(c3ccc(F)cc3)CC2)cc1. The molecule has 2 aliphatic heterocycles. The van der Waals surface area contributed by atoms with Gasteiger partial charge in [-0.05, 0) is 48.5 Å². The zero-order chi connectivity index (χ0) is 22.2. The molecule has 4 rings (SSSR count). The molecule has 2 aliphatic rings. The smallest absolute Gasteiger partial charge is 0.183 e. The van der Waals surface area contributed by atoms with E-state index >= 15 is 0 Å². The fourth-order valence-electron chi connectivity index (χ4n) is 4.34. The summed E-state index contributed by atoms with van der Waals surface area (Å²) >= 11 is 0. The molecule has 0 N–H and O–H groups in total. The molecule has 2 atom stereocenters. The number of methoxy groups -OCH3 is 1. The van der Waals surface area contributed by atoms with Crippen LogP contribution >= 0.6 is 0 Å². The molecular formula is C21H25FN2O5S2. The highest BCUT2D eigenvalue weighted by Gasteiger charge is 2.48. The molecule has 2 saturated heterocycles.